The third kappa shape index (κ3) is 3.35. The maximum absolute atomic E-state index is 12.5. The van der Waals surface area contributed by atoms with Crippen LogP contribution < -0.4 is 14.8 Å². The zero-order chi connectivity index (χ0) is 17.3. The number of carbonyl (C=O) groups excluding carboxylic acids is 1. The van der Waals surface area contributed by atoms with E-state index in [1.165, 1.54) is 12.1 Å². The Labute approximate surface area is 140 Å². The molecule has 0 saturated heterocycles. The summed E-state index contributed by atoms with van der Waals surface area (Å²) in [6, 6.07) is 13.2. The maximum Gasteiger partial charge on any atom is 0.269 e. The summed E-state index contributed by atoms with van der Waals surface area (Å²) in [5, 5.41) is 2.68. The van der Waals surface area contributed by atoms with Gasteiger partial charge in [0.15, 0.2) is 21.3 Å². The zero-order valence-corrected chi connectivity index (χ0v) is 14.0. The second kappa shape index (κ2) is 6.16. The summed E-state index contributed by atoms with van der Waals surface area (Å²) in [6.45, 7) is 1.74. The molecule has 0 fully saturated rings. The molecular formula is C17H17NO5S. The highest BCUT2D eigenvalue weighted by Crippen LogP contribution is 2.33. The summed E-state index contributed by atoms with van der Waals surface area (Å²) in [5.74, 6) is 0.691. The number of nitrogens with one attached hydrogen (secondary N) is 1. The highest BCUT2D eigenvalue weighted by atomic mass is 32.2. The van der Waals surface area contributed by atoms with Gasteiger partial charge in [0.05, 0.1) is 4.90 Å². The van der Waals surface area contributed by atoms with E-state index in [9.17, 15) is 13.2 Å². The second-order valence-electron chi connectivity index (χ2n) is 5.60. The van der Waals surface area contributed by atoms with Crippen molar-refractivity contribution in [2.45, 2.75) is 24.0 Å². The number of anilines is 1. The lowest BCUT2D eigenvalue weighted by molar-refractivity contribution is -0.128. The fourth-order valence-electron chi connectivity index (χ4n) is 2.42. The molecule has 0 radical (unpaired) electrons. The van der Waals surface area contributed by atoms with Crippen molar-refractivity contribution in [3.05, 3.63) is 48.5 Å². The van der Waals surface area contributed by atoms with Crippen molar-refractivity contribution in [1.82, 2.24) is 0 Å². The van der Waals surface area contributed by atoms with Crippen molar-refractivity contribution in [3.63, 3.8) is 0 Å². The van der Waals surface area contributed by atoms with Crippen LogP contribution >= 0.6 is 0 Å². The van der Waals surface area contributed by atoms with Gasteiger partial charge < -0.3 is 14.8 Å². The van der Waals surface area contributed by atoms with E-state index in [2.05, 4.69) is 5.32 Å². The Balaban J connectivity index is 1.78. The number of fused-ring (bicyclic) bond motifs is 1. The van der Waals surface area contributed by atoms with Crippen LogP contribution in [0.3, 0.4) is 0 Å². The monoisotopic (exact) mass is 347 g/mol. The Morgan fingerprint density at radius 2 is 1.71 bits per heavy atom. The first-order chi connectivity index (χ1) is 11.3. The van der Waals surface area contributed by atoms with Crippen LogP contribution in [0.4, 0.5) is 5.69 Å². The van der Waals surface area contributed by atoms with E-state index < -0.39 is 28.0 Å². The lowest BCUT2D eigenvalue weighted by Crippen LogP contribution is -2.46. The zero-order valence-electron chi connectivity index (χ0n) is 13.2. The number of hydrogen-bond acceptors (Lipinski definition) is 5. The van der Waals surface area contributed by atoms with Gasteiger partial charge in [-0.1, -0.05) is 18.2 Å². The molecule has 3 rings (SSSR count). The molecule has 2 atom stereocenters. The molecule has 1 aliphatic heterocycles. The van der Waals surface area contributed by atoms with E-state index in [1.807, 2.05) is 6.07 Å². The van der Waals surface area contributed by atoms with Crippen molar-refractivity contribution in [1.29, 1.82) is 0 Å². The first kappa shape index (κ1) is 16.3. The van der Waals surface area contributed by atoms with Gasteiger partial charge in [0, 0.05) is 11.9 Å². The lowest BCUT2D eigenvalue weighted by Gasteiger charge is -2.31. The number of benzene rings is 2. The molecule has 1 N–H and O–H groups in total. The molecule has 1 amide bonds. The number of sulfone groups is 1. The van der Waals surface area contributed by atoms with Gasteiger partial charge >= 0.3 is 0 Å². The molecule has 24 heavy (non-hydrogen) atoms. The molecule has 0 bridgehead atoms. The number of carbonyl (C=O) groups is 1. The third-order valence-corrected chi connectivity index (χ3v) is 4.74. The minimum atomic E-state index is -3.34. The standard InChI is InChI=1S/C17H17NO5S/c1-11-16(23-15-9-4-3-8-14(15)22-11)17(19)18-12-6-5-7-13(10-12)24(2,20)21/h3-11,16H,1-2H3,(H,18,19). The van der Waals surface area contributed by atoms with Crippen LogP contribution in [0.2, 0.25) is 0 Å². The highest BCUT2D eigenvalue weighted by molar-refractivity contribution is 7.90. The van der Waals surface area contributed by atoms with Gasteiger partial charge in [-0.2, -0.15) is 0 Å². The van der Waals surface area contributed by atoms with E-state index >= 15 is 0 Å². The van der Waals surface area contributed by atoms with Gasteiger partial charge in [-0.15, -0.1) is 0 Å². The van der Waals surface area contributed by atoms with Crippen LogP contribution in [0.25, 0.3) is 0 Å². The summed E-state index contributed by atoms with van der Waals surface area (Å²) in [6.07, 6.45) is -0.190. The fourth-order valence-corrected chi connectivity index (χ4v) is 3.09. The SMILES string of the molecule is CC1Oc2ccccc2OC1C(=O)Nc1cccc(S(C)(=O)=O)c1. The molecule has 6 nitrogen and oxygen atoms in total. The minimum absolute atomic E-state index is 0.138. The van der Waals surface area contributed by atoms with Crippen molar-refractivity contribution in [3.8, 4) is 11.5 Å². The molecule has 2 unspecified atom stereocenters. The second-order valence-corrected chi connectivity index (χ2v) is 7.61. The summed E-state index contributed by atoms with van der Waals surface area (Å²) in [7, 11) is -3.34. The first-order valence-corrected chi connectivity index (χ1v) is 9.27. The number of para-hydroxylation sites is 2. The Hall–Kier alpha value is -2.54. The Morgan fingerprint density at radius 3 is 2.38 bits per heavy atom. The van der Waals surface area contributed by atoms with E-state index in [-0.39, 0.29) is 4.90 Å². The summed E-state index contributed by atoms with van der Waals surface area (Å²) in [4.78, 5) is 12.6. The number of ether oxygens (including phenoxy) is 2. The number of rotatable bonds is 3. The van der Waals surface area contributed by atoms with E-state index in [4.69, 9.17) is 9.47 Å². The van der Waals surface area contributed by atoms with Gasteiger partial charge in [-0.3, -0.25) is 4.79 Å². The molecule has 0 saturated carbocycles. The van der Waals surface area contributed by atoms with Crippen LogP contribution in [0.1, 0.15) is 6.92 Å². The summed E-state index contributed by atoms with van der Waals surface area (Å²) in [5.41, 5.74) is 0.387. The van der Waals surface area contributed by atoms with E-state index in [0.717, 1.165) is 6.26 Å². The van der Waals surface area contributed by atoms with Crippen LogP contribution in [0, 0.1) is 0 Å². The van der Waals surface area contributed by atoms with Gasteiger partial charge in [0.1, 0.15) is 6.10 Å². The Morgan fingerprint density at radius 1 is 1.04 bits per heavy atom. The molecule has 126 valence electrons. The van der Waals surface area contributed by atoms with Crippen LogP contribution in [0.15, 0.2) is 53.4 Å². The molecule has 0 aliphatic carbocycles. The molecule has 0 aromatic heterocycles. The van der Waals surface area contributed by atoms with E-state index in [0.29, 0.717) is 17.2 Å². The number of amides is 1. The number of hydrogen-bond donors (Lipinski definition) is 1. The van der Waals surface area contributed by atoms with E-state index in [1.54, 1.807) is 37.3 Å². The topological polar surface area (TPSA) is 81.7 Å². The van der Waals surface area contributed by atoms with Crippen LogP contribution in [-0.2, 0) is 14.6 Å². The van der Waals surface area contributed by atoms with Gasteiger partial charge in [-0.05, 0) is 37.3 Å². The highest BCUT2D eigenvalue weighted by Gasteiger charge is 2.34. The molecule has 2 aromatic rings. The van der Waals surface area contributed by atoms with Gasteiger partial charge in [0.2, 0.25) is 6.10 Å². The molecule has 1 heterocycles. The maximum atomic E-state index is 12.5. The normalized spacial score (nSPS) is 19.6. The van der Waals surface area contributed by atoms with Crippen molar-refractivity contribution >= 4 is 21.4 Å². The molecule has 1 aliphatic rings. The third-order valence-electron chi connectivity index (χ3n) is 3.63. The predicted molar refractivity (Wildman–Crippen MR) is 89.1 cm³/mol. The largest absolute Gasteiger partial charge is 0.482 e. The molecule has 0 spiro atoms. The molecular weight excluding hydrogens is 330 g/mol. The first-order valence-electron chi connectivity index (χ1n) is 7.38. The lowest BCUT2D eigenvalue weighted by atomic mass is 10.1. The van der Waals surface area contributed by atoms with Crippen molar-refractivity contribution in [2.75, 3.05) is 11.6 Å². The van der Waals surface area contributed by atoms with Crippen LogP contribution in [0.5, 0.6) is 11.5 Å². The summed E-state index contributed by atoms with van der Waals surface area (Å²) < 4.78 is 34.6. The van der Waals surface area contributed by atoms with Gasteiger partial charge in [-0.25, -0.2) is 8.42 Å². The quantitative estimate of drug-likeness (QED) is 0.921. The fraction of sp³-hybridized carbons (Fsp3) is 0.235. The predicted octanol–water partition coefficient (Wildman–Crippen LogP) is 2.26. The Kier molecular flexibility index (Phi) is 4.19. The molecule has 7 heteroatoms. The smallest absolute Gasteiger partial charge is 0.269 e. The average Bonchev–Trinajstić information content (AvgIpc) is 2.53. The average molecular weight is 347 g/mol. The molecule has 2 aromatic carbocycles. The Bertz CT molecular complexity index is 878. The van der Waals surface area contributed by atoms with Crippen molar-refractivity contribution in [2.24, 2.45) is 0 Å². The van der Waals surface area contributed by atoms with Crippen molar-refractivity contribution < 1.29 is 22.7 Å². The van der Waals surface area contributed by atoms with Gasteiger partial charge in [0.25, 0.3) is 5.91 Å². The summed E-state index contributed by atoms with van der Waals surface area (Å²) >= 11 is 0. The van der Waals surface area contributed by atoms with Crippen LogP contribution in [-0.4, -0.2) is 32.8 Å². The minimum Gasteiger partial charge on any atom is -0.482 e.